The molecule has 2 aliphatic rings. The maximum Gasteiger partial charge on any atom is 0.573 e. The fraction of sp³-hybridized carbons (Fsp3) is 0.600. The minimum absolute atomic E-state index is 0.212. The van der Waals surface area contributed by atoms with Crippen LogP contribution in [0.25, 0.3) is 0 Å². The van der Waals surface area contributed by atoms with Gasteiger partial charge in [-0.3, -0.25) is 4.90 Å². The SMILES string of the molecule is NC1CCC2CN(Cc3ccc(OC(F)(F)F)c(Br)c3)CC12. The molecule has 1 aliphatic carbocycles. The lowest BCUT2D eigenvalue weighted by atomic mass is 9.98. The van der Waals surface area contributed by atoms with Gasteiger partial charge >= 0.3 is 6.36 Å². The summed E-state index contributed by atoms with van der Waals surface area (Å²) < 4.78 is 41.0. The van der Waals surface area contributed by atoms with Crippen molar-refractivity contribution < 1.29 is 17.9 Å². The van der Waals surface area contributed by atoms with E-state index in [1.807, 2.05) is 0 Å². The van der Waals surface area contributed by atoms with E-state index in [1.165, 1.54) is 12.5 Å². The first kappa shape index (κ1) is 16.1. The zero-order valence-corrected chi connectivity index (χ0v) is 13.5. The summed E-state index contributed by atoms with van der Waals surface area (Å²) in [6.45, 7) is 2.73. The lowest BCUT2D eigenvalue weighted by molar-refractivity contribution is -0.274. The third-order valence-electron chi connectivity index (χ3n) is 4.62. The fourth-order valence-corrected chi connectivity index (χ4v) is 4.14. The molecule has 1 saturated heterocycles. The Morgan fingerprint density at radius 2 is 2.05 bits per heavy atom. The first-order valence-electron chi connectivity index (χ1n) is 7.34. The maximum atomic E-state index is 12.3. The zero-order chi connectivity index (χ0) is 15.9. The number of ether oxygens (including phenoxy) is 1. The summed E-state index contributed by atoms with van der Waals surface area (Å²) >= 11 is 3.14. The molecular weight excluding hydrogens is 361 g/mol. The molecule has 0 aromatic heterocycles. The second kappa shape index (κ2) is 6.02. The van der Waals surface area contributed by atoms with Crippen molar-refractivity contribution in [2.45, 2.75) is 31.8 Å². The number of nitrogens with zero attached hydrogens (tertiary/aromatic N) is 1. The highest BCUT2D eigenvalue weighted by Crippen LogP contribution is 2.38. The summed E-state index contributed by atoms with van der Waals surface area (Å²) in [5.41, 5.74) is 7.09. The zero-order valence-electron chi connectivity index (χ0n) is 11.9. The standard InChI is InChI=1S/C15H18BrF3N2O/c16-12-5-9(1-4-14(12)22-15(17,18)19)6-21-7-10-2-3-13(20)11(10)8-21/h1,4-5,10-11,13H,2-3,6-8,20H2. The molecule has 2 fully saturated rings. The van der Waals surface area contributed by atoms with Crippen molar-refractivity contribution >= 4 is 15.9 Å². The van der Waals surface area contributed by atoms with Gasteiger partial charge in [-0.15, -0.1) is 13.2 Å². The van der Waals surface area contributed by atoms with Crippen LogP contribution in [-0.2, 0) is 6.54 Å². The Kier molecular flexibility index (Phi) is 4.40. The topological polar surface area (TPSA) is 38.5 Å². The van der Waals surface area contributed by atoms with Crippen LogP contribution in [0.15, 0.2) is 22.7 Å². The number of hydrogen-bond acceptors (Lipinski definition) is 3. The van der Waals surface area contributed by atoms with Crippen LogP contribution >= 0.6 is 15.9 Å². The molecule has 3 nitrogen and oxygen atoms in total. The maximum absolute atomic E-state index is 12.3. The summed E-state index contributed by atoms with van der Waals surface area (Å²) in [6.07, 6.45) is -2.38. The van der Waals surface area contributed by atoms with Gasteiger partial charge < -0.3 is 10.5 Å². The Hall–Kier alpha value is -0.790. The molecule has 1 aromatic rings. The van der Waals surface area contributed by atoms with E-state index in [0.717, 1.165) is 31.6 Å². The highest BCUT2D eigenvalue weighted by molar-refractivity contribution is 9.10. The second-order valence-corrected chi connectivity index (χ2v) is 7.03. The van der Waals surface area contributed by atoms with Gasteiger partial charge in [0.15, 0.2) is 0 Å². The quantitative estimate of drug-likeness (QED) is 0.874. The smallest absolute Gasteiger partial charge is 0.405 e. The van der Waals surface area contributed by atoms with E-state index >= 15 is 0 Å². The minimum Gasteiger partial charge on any atom is -0.405 e. The van der Waals surface area contributed by atoms with Crippen LogP contribution in [0.3, 0.4) is 0 Å². The van der Waals surface area contributed by atoms with E-state index in [9.17, 15) is 13.2 Å². The third kappa shape index (κ3) is 3.58. The van der Waals surface area contributed by atoms with E-state index in [1.54, 1.807) is 12.1 Å². The molecule has 0 bridgehead atoms. The summed E-state index contributed by atoms with van der Waals surface area (Å²) in [6, 6.07) is 5.02. The molecule has 1 heterocycles. The number of benzene rings is 1. The van der Waals surface area contributed by atoms with Crippen LogP contribution in [0.1, 0.15) is 18.4 Å². The predicted molar refractivity (Wildman–Crippen MR) is 80.3 cm³/mol. The fourth-order valence-electron chi connectivity index (χ4n) is 3.64. The minimum atomic E-state index is -4.67. The van der Waals surface area contributed by atoms with Gasteiger partial charge in [0.2, 0.25) is 0 Å². The number of hydrogen-bond donors (Lipinski definition) is 1. The molecule has 3 unspecified atom stereocenters. The van der Waals surface area contributed by atoms with Gasteiger partial charge in [0, 0.05) is 25.7 Å². The molecule has 3 rings (SSSR count). The van der Waals surface area contributed by atoms with Crippen LogP contribution in [0.4, 0.5) is 13.2 Å². The molecule has 0 amide bonds. The van der Waals surface area contributed by atoms with Crippen molar-refractivity contribution in [1.82, 2.24) is 4.90 Å². The van der Waals surface area contributed by atoms with E-state index in [0.29, 0.717) is 22.4 Å². The Bertz CT molecular complexity index is 552. The van der Waals surface area contributed by atoms with Crippen LogP contribution in [0.2, 0.25) is 0 Å². The van der Waals surface area contributed by atoms with Gasteiger partial charge in [-0.05, 0) is 58.3 Å². The molecule has 3 atom stereocenters. The molecule has 122 valence electrons. The first-order valence-corrected chi connectivity index (χ1v) is 8.13. The normalized spacial score (nSPS) is 28.9. The van der Waals surface area contributed by atoms with E-state index in [4.69, 9.17) is 5.73 Å². The van der Waals surface area contributed by atoms with Gasteiger partial charge in [0.05, 0.1) is 4.47 Å². The highest BCUT2D eigenvalue weighted by Gasteiger charge is 2.40. The van der Waals surface area contributed by atoms with Crippen LogP contribution in [-0.4, -0.2) is 30.4 Å². The number of nitrogens with two attached hydrogens (primary N) is 1. The molecule has 0 spiro atoms. The average Bonchev–Trinajstić information content (AvgIpc) is 2.94. The van der Waals surface area contributed by atoms with Crippen LogP contribution in [0.5, 0.6) is 5.75 Å². The average molecular weight is 379 g/mol. The summed E-state index contributed by atoms with van der Waals surface area (Å²) in [4.78, 5) is 2.33. The number of halogens is 4. The number of likely N-dealkylation sites (tertiary alicyclic amines) is 1. The van der Waals surface area contributed by atoms with Crippen molar-refractivity contribution in [2.75, 3.05) is 13.1 Å². The van der Waals surface area contributed by atoms with Gasteiger partial charge in [-0.25, -0.2) is 0 Å². The monoisotopic (exact) mass is 378 g/mol. The van der Waals surface area contributed by atoms with Crippen LogP contribution in [0, 0.1) is 11.8 Å². The third-order valence-corrected chi connectivity index (χ3v) is 5.24. The molecular formula is C15H18BrF3N2O. The summed E-state index contributed by atoms with van der Waals surface area (Å²) in [5, 5.41) is 0. The Balaban J connectivity index is 1.63. The molecule has 22 heavy (non-hydrogen) atoms. The van der Waals surface area contributed by atoms with Crippen molar-refractivity contribution in [2.24, 2.45) is 17.6 Å². The highest BCUT2D eigenvalue weighted by atomic mass is 79.9. The number of rotatable bonds is 3. The van der Waals surface area contributed by atoms with Crippen molar-refractivity contribution in [3.63, 3.8) is 0 Å². The van der Waals surface area contributed by atoms with Crippen molar-refractivity contribution in [3.05, 3.63) is 28.2 Å². The molecule has 0 radical (unpaired) electrons. The molecule has 7 heteroatoms. The van der Waals surface area contributed by atoms with Gasteiger partial charge in [-0.2, -0.15) is 0 Å². The summed E-state index contributed by atoms with van der Waals surface area (Å²) in [7, 11) is 0. The Morgan fingerprint density at radius 1 is 1.27 bits per heavy atom. The van der Waals surface area contributed by atoms with Crippen molar-refractivity contribution in [3.8, 4) is 5.75 Å². The molecule has 1 saturated carbocycles. The largest absolute Gasteiger partial charge is 0.573 e. The molecule has 1 aliphatic heterocycles. The predicted octanol–water partition coefficient (Wildman–Crippen LogP) is 3.52. The summed E-state index contributed by atoms with van der Waals surface area (Å²) in [5.74, 6) is 1.03. The molecule has 1 aromatic carbocycles. The Morgan fingerprint density at radius 3 is 2.68 bits per heavy atom. The van der Waals surface area contributed by atoms with E-state index in [2.05, 4.69) is 25.6 Å². The number of fused-ring (bicyclic) bond motifs is 1. The van der Waals surface area contributed by atoms with Gasteiger partial charge in [0.1, 0.15) is 5.75 Å². The van der Waals surface area contributed by atoms with Gasteiger partial charge in [0.25, 0.3) is 0 Å². The number of alkyl halides is 3. The second-order valence-electron chi connectivity index (χ2n) is 6.17. The van der Waals surface area contributed by atoms with Crippen LogP contribution < -0.4 is 10.5 Å². The van der Waals surface area contributed by atoms with Gasteiger partial charge in [-0.1, -0.05) is 6.07 Å². The lowest BCUT2D eigenvalue weighted by Crippen LogP contribution is -2.30. The van der Waals surface area contributed by atoms with E-state index < -0.39 is 6.36 Å². The molecule has 2 N–H and O–H groups in total. The van der Waals surface area contributed by atoms with Crippen molar-refractivity contribution in [1.29, 1.82) is 0 Å². The lowest BCUT2D eigenvalue weighted by Gasteiger charge is -2.19. The first-order chi connectivity index (χ1) is 10.3. The Labute approximate surface area is 135 Å². The van der Waals surface area contributed by atoms with E-state index in [-0.39, 0.29) is 5.75 Å².